The van der Waals surface area contributed by atoms with Crippen LogP contribution in [0.25, 0.3) is 0 Å². The van der Waals surface area contributed by atoms with Crippen LogP contribution in [-0.4, -0.2) is 34.3 Å². The number of anilines is 1. The highest BCUT2D eigenvalue weighted by atomic mass is 35.5. The summed E-state index contributed by atoms with van der Waals surface area (Å²) >= 11 is 12.1. The van der Waals surface area contributed by atoms with Gasteiger partial charge in [0.25, 0.3) is 5.56 Å². The molecule has 1 aromatic heterocycles. The summed E-state index contributed by atoms with van der Waals surface area (Å²) in [5.41, 5.74) is -0.235. The van der Waals surface area contributed by atoms with Gasteiger partial charge >= 0.3 is 5.97 Å². The highest BCUT2D eigenvalue weighted by Crippen LogP contribution is 2.24. The molecule has 0 amide bonds. The first kappa shape index (κ1) is 19.1. The number of hydrogen-bond acceptors (Lipinski definition) is 5. The van der Waals surface area contributed by atoms with Crippen LogP contribution < -0.4 is 15.2 Å². The van der Waals surface area contributed by atoms with Crippen LogP contribution in [-0.2, 0) is 13.6 Å². The Balaban J connectivity index is 2.47. The van der Waals surface area contributed by atoms with Crippen LogP contribution in [0.15, 0.2) is 23.0 Å². The Hall–Kier alpha value is -2.25. The van der Waals surface area contributed by atoms with Crippen molar-refractivity contribution in [2.75, 3.05) is 18.6 Å². The Morgan fingerprint density at radius 3 is 2.64 bits per heavy atom. The van der Waals surface area contributed by atoms with E-state index in [2.05, 4.69) is 4.98 Å². The van der Waals surface area contributed by atoms with Crippen LogP contribution in [0, 0.1) is 0 Å². The summed E-state index contributed by atoms with van der Waals surface area (Å²) in [6.45, 7) is 2.13. The third kappa shape index (κ3) is 4.05. The SMILES string of the molecule is CCOc1c(C(=O)O)nc(N(C)Cc2ccc(Cl)cc2Cl)n(C)c1=O. The summed E-state index contributed by atoms with van der Waals surface area (Å²) in [5, 5.41) is 10.3. The topological polar surface area (TPSA) is 84.7 Å². The van der Waals surface area contributed by atoms with Gasteiger partial charge < -0.3 is 14.7 Å². The maximum Gasteiger partial charge on any atom is 0.358 e. The van der Waals surface area contributed by atoms with Gasteiger partial charge in [-0.1, -0.05) is 29.3 Å². The lowest BCUT2D eigenvalue weighted by atomic mass is 10.2. The van der Waals surface area contributed by atoms with Crippen molar-refractivity contribution in [2.24, 2.45) is 7.05 Å². The molecule has 25 heavy (non-hydrogen) atoms. The standard InChI is InChI=1S/C16H17Cl2N3O4/c1-4-25-13-12(15(23)24)19-16(21(3)14(13)22)20(2)8-9-5-6-10(17)7-11(9)18/h5-7H,4,8H2,1-3H3,(H,23,24). The zero-order valence-electron chi connectivity index (χ0n) is 13.9. The van der Waals surface area contributed by atoms with Gasteiger partial charge in [0.15, 0.2) is 5.69 Å². The molecule has 134 valence electrons. The molecule has 2 rings (SSSR count). The number of rotatable bonds is 6. The van der Waals surface area contributed by atoms with E-state index in [1.165, 1.54) is 11.6 Å². The van der Waals surface area contributed by atoms with Gasteiger partial charge in [-0.05, 0) is 24.6 Å². The van der Waals surface area contributed by atoms with Gasteiger partial charge in [-0.2, -0.15) is 0 Å². The van der Waals surface area contributed by atoms with Crippen LogP contribution in [0.4, 0.5) is 5.95 Å². The molecule has 0 radical (unpaired) electrons. The van der Waals surface area contributed by atoms with E-state index in [1.54, 1.807) is 37.1 Å². The first-order chi connectivity index (χ1) is 11.8. The van der Waals surface area contributed by atoms with Crippen LogP contribution in [0.3, 0.4) is 0 Å². The van der Waals surface area contributed by atoms with Crippen molar-refractivity contribution in [3.8, 4) is 5.75 Å². The van der Waals surface area contributed by atoms with E-state index in [9.17, 15) is 14.7 Å². The van der Waals surface area contributed by atoms with E-state index >= 15 is 0 Å². The molecular formula is C16H17Cl2N3O4. The lowest BCUT2D eigenvalue weighted by molar-refractivity contribution is 0.0685. The second-order valence-corrected chi connectivity index (χ2v) is 6.13. The molecule has 0 saturated heterocycles. The molecule has 0 saturated carbocycles. The first-order valence-electron chi connectivity index (χ1n) is 7.38. The highest BCUT2D eigenvalue weighted by Gasteiger charge is 2.23. The van der Waals surface area contributed by atoms with E-state index in [1.807, 2.05) is 0 Å². The average Bonchev–Trinajstić information content (AvgIpc) is 2.54. The van der Waals surface area contributed by atoms with Gasteiger partial charge in [-0.15, -0.1) is 0 Å². The fourth-order valence-electron chi connectivity index (χ4n) is 2.31. The van der Waals surface area contributed by atoms with Crippen LogP contribution in [0.5, 0.6) is 5.75 Å². The summed E-state index contributed by atoms with van der Waals surface area (Å²) < 4.78 is 6.40. The number of nitrogens with zero attached hydrogens (tertiary/aromatic N) is 3. The van der Waals surface area contributed by atoms with Crippen molar-refractivity contribution in [3.63, 3.8) is 0 Å². The minimum absolute atomic E-state index is 0.159. The molecule has 0 bridgehead atoms. The molecule has 1 N–H and O–H groups in total. The van der Waals surface area contributed by atoms with Crippen molar-refractivity contribution in [3.05, 3.63) is 49.9 Å². The number of aromatic nitrogens is 2. The predicted octanol–water partition coefficient (Wildman–Crippen LogP) is 2.82. The van der Waals surface area contributed by atoms with E-state index in [0.717, 1.165) is 5.56 Å². The quantitative estimate of drug-likeness (QED) is 0.822. The van der Waals surface area contributed by atoms with Gasteiger partial charge in [0.2, 0.25) is 11.7 Å². The van der Waals surface area contributed by atoms with Crippen molar-refractivity contribution in [1.29, 1.82) is 0 Å². The van der Waals surface area contributed by atoms with E-state index in [-0.39, 0.29) is 18.3 Å². The maximum absolute atomic E-state index is 12.4. The van der Waals surface area contributed by atoms with E-state index < -0.39 is 17.2 Å². The van der Waals surface area contributed by atoms with Crippen LogP contribution in [0.1, 0.15) is 23.0 Å². The number of benzene rings is 1. The molecular weight excluding hydrogens is 369 g/mol. The summed E-state index contributed by atoms with van der Waals surface area (Å²) in [4.78, 5) is 29.6. The molecule has 0 fully saturated rings. The van der Waals surface area contributed by atoms with Gasteiger partial charge in [-0.25, -0.2) is 9.78 Å². The Morgan fingerprint density at radius 1 is 1.40 bits per heavy atom. The van der Waals surface area contributed by atoms with Crippen LogP contribution in [0.2, 0.25) is 10.0 Å². The van der Waals surface area contributed by atoms with Gasteiger partial charge in [0, 0.05) is 30.7 Å². The molecule has 0 atom stereocenters. The highest BCUT2D eigenvalue weighted by molar-refractivity contribution is 6.35. The molecule has 1 heterocycles. The third-order valence-corrected chi connectivity index (χ3v) is 4.07. The second-order valence-electron chi connectivity index (χ2n) is 5.28. The first-order valence-corrected chi connectivity index (χ1v) is 8.14. The lowest BCUT2D eigenvalue weighted by Crippen LogP contribution is -2.31. The fourth-order valence-corrected chi connectivity index (χ4v) is 2.78. The summed E-state index contributed by atoms with van der Waals surface area (Å²) in [6, 6.07) is 5.06. The van der Waals surface area contributed by atoms with Crippen molar-refractivity contribution in [2.45, 2.75) is 13.5 Å². The molecule has 0 aliphatic rings. The normalized spacial score (nSPS) is 10.6. The number of carboxylic acid groups (broad SMARTS) is 1. The average molecular weight is 386 g/mol. The Kier molecular flexibility index (Phi) is 5.92. The number of carbonyl (C=O) groups is 1. The fraction of sp³-hybridized carbons (Fsp3) is 0.312. The minimum atomic E-state index is -1.33. The zero-order valence-corrected chi connectivity index (χ0v) is 15.4. The number of carboxylic acids is 1. The molecule has 2 aromatic rings. The molecule has 0 aliphatic carbocycles. The summed E-state index contributed by atoms with van der Waals surface area (Å²) in [6.07, 6.45) is 0. The van der Waals surface area contributed by atoms with Gasteiger partial charge in [0.1, 0.15) is 0 Å². The summed E-state index contributed by atoms with van der Waals surface area (Å²) in [5.74, 6) is -1.43. The Bertz CT molecular complexity index is 867. The van der Waals surface area contributed by atoms with Gasteiger partial charge in [-0.3, -0.25) is 9.36 Å². The molecule has 0 aliphatic heterocycles. The van der Waals surface area contributed by atoms with E-state index in [0.29, 0.717) is 16.6 Å². The smallest absolute Gasteiger partial charge is 0.358 e. The Morgan fingerprint density at radius 2 is 2.08 bits per heavy atom. The molecule has 7 nitrogen and oxygen atoms in total. The van der Waals surface area contributed by atoms with Crippen LogP contribution >= 0.6 is 23.2 Å². The van der Waals surface area contributed by atoms with Gasteiger partial charge in [0.05, 0.1) is 6.61 Å². The Labute approximate surface area is 154 Å². The predicted molar refractivity (Wildman–Crippen MR) is 96.2 cm³/mol. The molecule has 0 unspecified atom stereocenters. The largest absolute Gasteiger partial charge is 0.486 e. The lowest BCUT2D eigenvalue weighted by Gasteiger charge is -2.22. The van der Waals surface area contributed by atoms with E-state index in [4.69, 9.17) is 27.9 Å². The minimum Gasteiger partial charge on any atom is -0.486 e. The number of ether oxygens (including phenoxy) is 1. The molecule has 9 heteroatoms. The summed E-state index contributed by atoms with van der Waals surface area (Å²) in [7, 11) is 3.18. The number of halogens is 2. The monoisotopic (exact) mass is 385 g/mol. The second kappa shape index (κ2) is 7.76. The van der Waals surface area contributed by atoms with Crippen molar-refractivity contribution < 1.29 is 14.6 Å². The molecule has 0 spiro atoms. The van der Waals surface area contributed by atoms with Crippen molar-refractivity contribution in [1.82, 2.24) is 9.55 Å². The maximum atomic E-state index is 12.4. The molecule has 1 aromatic carbocycles. The third-order valence-electron chi connectivity index (χ3n) is 3.48. The number of aromatic carboxylic acids is 1. The zero-order chi connectivity index (χ0) is 18.7. The van der Waals surface area contributed by atoms with Crippen molar-refractivity contribution >= 4 is 35.1 Å². The number of hydrogen-bond donors (Lipinski definition) is 1.